The van der Waals surface area contributed by atoms with Gasteiger partial charge in [-0.25, -0.2) is 0 Å². The van der Waals surface area contributed by atoms with Gasteiger partial charge in [-0.05, 0) is 54.7 Å². The largest absolute Gasteiger partial charge is 0.481 e. The Kier molecular flexibility index (Phi) is 8.09. The lowest BCUT2D eigenvalue weighted by Gasteiger charge is -2.52. The smallest absolute Gasteiger partial charge is 0.304 e. The van der Waals surface area contributed by atoms with Gasteiger partial charge in [0.25, 0.3) is 0 Å². The van der Waals surface area contributed by atoms with Crippen LogP contribution in [0.25, 0.3) is 0 Å². The Morgan fingerprint density at radius 1 is 1.09 bits per heavy atom. The highest BCUT2D eigenvalue weighted by Gasteiger charge is 2.53. The molecule has 0 radical (unpaired) electrons. The highest BCUT2D eigenvalue weighted by molar-refractivity contribution is 6.30. The lowest BCUT2D eigenvalue weighted by atomic mass is 9.66. The quantitative estimate of drug-likeness (QED) is 0.468. The number of piperidine rings is 1. The Hall–Kier alpha value is -2.08. The van der Waals surface area contributed by atoms with Crippen molar-refractivity contribution in [2.45, 2.75) is 70.6 Å². The van der Waals surface area contributed by atoms with Crippen LogP contribution in [0.4, 0.5) is 0 Å². The van der Waals surface area contributed by atoms with Crippen molar-refractivity contribution in [1.82, 2.24) is 4.90 Å². The predicted octanol–water partition coefficient (Wildman–Crippen LogP) is 6.08. The van der Waals surface area contributed by atoms with E-state index in [0.29, 0.717) is 29.3 Å². The Bertz CT molecular complexity index is 996. The molecule has 178 valence electrons. The van der Waals surface area contributed by atoms with Crippen molar-refractivity contribution in [3.8, 4) is 0 Å². The van der Waals surface area contributed by atoms with Crippen molar-refractivity contribution < 1.29 is 19.8 Å². The van der Waals surface area contributed by atoms with Gasteiger partial charge in [0.1, 0.15) is 0 Å². The summed E-state index contributed by atoms with van der Waals surface area (Å²) >= 11 is 12.5. The minimum absolute atomic E-state index is 0.218. The molecule has 2 aromatic carbocycles. The van der Waals surface area contributed by atoms with Crippen LogP contribution in [-0.2, 0) is 9.59 Å². The van der Waals surface area contributed by atoms with E-state index in [1.807, 2.05) is 44.2 Å². The number of carboxylic acid groups (broad SMARTS) is 1. The molecule has 1 fully saturated rings. The lowest BCUT2D eigenvalue weighted by Crippen LogP contribution is -2.58. The van der Waals surface area contributed by atoms with E-state index >= 15 is 0 Å². The monoisotopic (exact) mass is 491 g/mol. The second-order valence-corrected chi connectivity index (χ2v) is 10.0. The third-order valence-corrected chi connectivity index (χ3v) is 7.26. The molecular weight excluding hydrogens is 461 g/mol. The van der Waals surface area contributed by atoms with E-state index < -0.39 is 29.6 Å². The first-order chi connectivity index (χ1) is 15.6. The van der Waals surface area contributed by atoms with Gasteiger partial charge in [0, 0.05) is 16.0 Å². The molecular formula is C26H31Cl2NO4. The number of likely N-dealkylation sites (tertiary alicyclic amines) is 1. The van der Waals surface area contributed by atoms with E-state index in [-0.39, 0.29) is 18.2 Å². The van der Waals surface area contributed by atoms with Crippen molar-refractivity contribution >= 4 is 35.1 Å². The van der Waals surface area contributed by atoms with Crippen LogP contribution in [0.3, 0.4) is 0 Å². The number of hydrogen-bond donors (Lipinski definition) is 2. The van der Waals surface area contributed by atoms with E-state index in [4.69, 9.17) is 23.2 Å². The van der Waals surface area contributed by atoms with Crippen LogP contribution in [0.2, 0.25) is 10.0 Å². The van der Waals surface area contributed by atoms with Gasteiger partial charge in [-0.2, -0.15) is 0 Å². The zero-order valence-electron chi connectivity index (χ0n) is 19.2. The number of aliphatic hydroxyl groups excluding tert-OH is 1. The number of rotatable bonds is 8. The third-order valence-electron chi connectivity index (χ3n) is 6.77. The first kappa shape index (κ1) is 25.5. The normalized spacial score (nSPS) is 25.0. The first-order valence-corrected chi connectivity index (χ1v) is 12.1. The maximum atomic E-state index is 14.0. The van der Waals surface area contributed by atoms with Crippen molar-refractivity contribution in [2.75, 3.05) is 0 Å². The van der Waals surface area contributed by atoms with Crippen molar-refractivity contribution in [3.05, 3.63) is 69.7 Å². The molecule has 5 atom stereocenters. The molecule has 0 bridgehead atoms. The van der Waals surface area contributed by atoms with E-state index in [2.05, 4.69) is 0 Å². The molecule has 1 unspecified atom stereocenters. The van der Waals surface area contributed by atoms with Crippen LogP contribution in [0.1, 0.15) is 69.5 Å². The van der Waals surface area contributed by atoms with Gasteiger partial charge in [-0.1, -0.05) is 68.2 Å². The van der Waals surface area contributed by atoms with Gasteiger partial charge in [0.15, 0.2) is 0 Å². The SMILES string of the molecule is CCC(O)[C@H](CC)N1C(=O)[C@](C)(CC(=O)O)C[C@H](c2cccc(Cl)c2)[C@H]1c1ccc(Cl)cc1. The third kappa shape index (κ3) is 5.37. The summed E-state index contributed by atoms with van der Waals surface area (Å²) in [4.78, 5) is 27.5. The average Bonchev–Trinajstić information content (AvgIpc) is 2.77. The van der Waals surface area contributed by atoms with Gasteiger partial charge in [0.05, 0.1) is 30.0 Å². The number of benzene rings is 2. The minimum atomic E-state index is -1.12. The summed E-state index contributed by atoms with van der Waals surface area (Å²) in [7, 11) is 0. The lowest BCUT2D eigenvalue weighted by molar-refractivity contribution is -0.163. The Balaban J connectivity index is 2.25. The molecule has 2 aromatic rings. The molecule has 0 aliphatic carbocycles. The molecule has 2 N–H and O–H groups in total. The molecule has 0 aromatic heterocycles. The van der Waals surface area contributed by atoms with Crippen LogP contribution in [0, 0.1) is 5.41 Å². The Morgan fingerprint density at radius 2 is 1.76 bits per heavy atom. The molecule has 0 spiro atoms. The van der Waals surface area contributed by atoms with Crippen molar-refractivity contribution in [1.29, 1.82) is 0 Å². The summed E-state index contributed by atoms with van der Waals surface area (Å²) < 4.78 is 0. The van der Waals surface area contributed by atoms with Gasteiger partial charge < -0.3 is 15.1 Å². The Morgan fingerprint density at radius 3 is 2.30 bits per heavy atom. The molecule has 1 heterocycles. The minimum Gasteiger partial charge on any atom is -0.481 e. The number of amides is 1. The number of aliphatic hydroxyl groups is 1. The van der Waals surface area contributed by atoms with Gasteiger partial charge in [-0.3, -0.25) is 9.59 Å². The van der Waals surface area contributed by atoms with E-state index in [1.54, 1.807) is 30.0 Å². The van der Waals surface area contributed by atoms with Crippen molar-refractivity contribution in [2.24, 2.45) is 5.41 Å². The fourth-order valence-electron chi connectivity index (χ4n) is 5.17. The standard InChI is InChI=1S/C26H31Cl2NO4/c1-4-21(22(30)5-2)29-24(16-9-11-18(27)12-10-16)20(17-7-6-8-19(28)13-17)14-26(3,25(29)33)15-23(31)32/h6-13,20-22,24,30H,4-5,14-15H2,1-3H3,(H,31,32)/t20-,21+,22?,24-,26+/m1/s1. The zero-order valence-corrected chi connectivity index (χ0v) is 20.7. The van der Waals surface area contributed by atoms with E-state index in [1.165, 1.54) is 0 Å². The molecule has 7 heteroatoms. The summed E-state index contributed by atoms with van der Waals surface area (Å²) in [5, 5.41) is 21.7. The van der Waals surface area contributed by atoms with Crippen molar-refractivity contribution in [3.63, 3.8) is 0 Å². The molecule has 1 saturated heterocycles. The Labute approximate surface area is 205 Å². The molecule has 3 rings (SSSR count). The second kappa shape index (κ2) is 10.5. The number of carboxylic acids is 1. The number of aliphatic carboxylic acids is 1. The number of hydrogen-bond acceptors (Lipinski definition) is 3. The average molecular weight is 492 g/mol. The molecule has 1 aliphatic rings. The number of halogens is 2. The summed E-state index contributed by atoms with van der Waals surface area (Å²) in [5.74, 6) is -1.49. The van der Waals surface area contributed by atoms with Crippen LogP contribution in [0.5, 0.6) is 0 Å². The number of nitrogens with zero attached hydrogens (tertiary/aromatic N) is 1. The second-order valence-electron chi connectivity index (χ2n) is 9.16. The van der Waals surface area contributed by atoms with E-state index in [0.717, 1.165) is 11.1 Å². The fourth-order valence-corrected chi connectivity index (χ4v) is 5.50. The first-order valence-electron chi connectivity index (χ1n) is 11.3. The summed E-state index contributed by atoms with van der Waals surface area (Å²) in [6.07, 6.45) is 0.344. The molecule has 33 heavy (non-hydrogen) atoms. The molecule has 1 amide bonds. The van der Waals surface area contributed by atoms with Gasteiger partial charge in [-0.15, -0.1) is 0 Å². The number of carbonyl (C=O) groups is 2. The zero-order chi connectivity index (χ0) is 24.3. The maximum absolute atomic E-state index is 14.0. The molecule has 0 saturated carbocycles. The van der Waals surface area contributed by atoms with Crippen LogP contribution in [0.15, 0.2) is 48.5 Å². The van der Waals surface area contributed by atoms with Gasteiger partial charge in [0.2, 0.25) is 5.91 Å². The highest BCUT2D eigenvalue weighted by atomic mass is 35.5. The molecule has 1 aliphatic heterocycles. The summed E-state index contributed by atoms with van der Waals surface area (Å²) in [5.41, 5.74) is 0.692. The summed E-state index contributed by atoms with van der Waals surface area (Å²) in [6, 6.07) is 14.0. The van der Waals surface area contributed by atoms with Crippen LogP contribution in [-0.4, -0.2) is 39.1 Å². The molecule has 5 nitrogen and oxygen atoms in total. The fraction of sp³-hybridized carbons (Fsp3) is 0.462. The van der Waals surface area contributed by atoms with Crippen LogP contribution < -0.4 is 0 Å². The maximum Gasteiger partial charge on any atom is 0.304 e. The predicted molar refractivity (Wildman–Crippen MR) is 131 cm³/mol. The highest BCUT2D eigenvalue weighted by Crippen LogP contribution is 2.52. The van der Waals surface area contributed by atoms with Gasteiger partial charge >= 0.3 is 5.97 Å². The topological polar surface area (TPSA) is 77.8 Å². The summed E-state index contributed by atoms with van der Waals surface area (Å²) in [6.45, 7) is 5.54. The van der Waals surface area contributed by atoms with Crippen LogP contribution >= 0.6 is 23.2 Å². The number of carbonyl (C=O) groups excluding carboxylic acids is 1. The van der Waals surface area contributed by atoms with E-state index in [9.17, 15) is 19.8 Å².